The van der Waals surface area contributed by atoms with Gasteiger partial charge in [0.1, 0.15) is 0 Å². The van der Waals surface area contributed by atoms with Crippen molar-refractivity contribution in [2.45, 2.75) is 18.9 Å². The molecule has 1 saturated carbocycles. The molecule has 0 atom stereocenters. The summed E-state index contributed by atoms with van der Waals surface area (Å²) in [6.07, 6.45) is 7.01. The summed E-state index contributed by atoms with van der Waals surface area (Å²) >= 11 is 0. The van der Waals surface area contributed by atoms with E-state index in [9.17, 15) is 0 Å². The van der Waals surface area contributed by atoms with Gasteiger partial charge in [0.25, 0.3) is 0 Å². The molecule has 0 spiro atoms. The molecule has 0 aromatic carbocycles. The zero-order valence-electron chi connectivity index (χ0n) is 5.70. The molecule has 0 N–H and O–H groups in total. The lowest BCUT2D eigenvalue weighted by molar-refractivity contribution is -0.700. The molecular weight excluding hydrogens is 146 g/mol. The Morgan fingerprint density at radius 2 is 1.60 bits per heavy atom. The molecule has 54 valence electrons. The number of nitrogens with zero attached hydrogens (tertiary/aromatic N) is 1. The van der Waals surface area contributed by atoms with E-state index in [4.69, 9.17) is 0 Å². The van der Waals surface area contributed by atoms with E-state index in [1.807, 2.05) is 0 Å². The Bertz CT molecular complexity index is 194. The highest BCUT2D eigenvalue weighted by Crippen LogP contribution is 2.28. The van der Waals surface area contributed by atoms with Crippen molar-refractivity contribution in [2.24, 2.45) is 0 Å². The summed E-state index contributed by atoms with van der Waals surface area (Å²) in [5.74, 6) is 0. The van der Waals surface area contributed by atoms with E-state index < -0.39 is 0 Å². The molecule has 0 bridgehead atoms. The Labute approximate surface area is 67.1 Å². The van der Waals surface area contributed by atoms with E-state index in [0.29, 0.717) is 0 Å². The maximum Gasteiger partial charge on any atom is 0.169 e. The minimum atomic E-state index is 0. The average molecular weight is 156 g/mol. The topological polar surface area (TPSA) is 3.88 Å². The maximum atomic E-state index is 2.28. The minimum Gasteiger partial charge on any atom is -1.00 e. The molecule has 2 heteroatoms. The fourth-order valence-corrected chi connectivity index (χ4v) is 1.03. The van der Waals surface area contributed by atoms with Crippen LogP contribution in [0.4, 0.5) is 0 Å². The third kappa shape index (κ3) is 1.48. The van der Waals surface area contributed by atoms with Crippen molar-refractivity contribution in [3.05, 3.63) is 30.6 Å². The standard InChI is InChI=1S/C8H10N.ClH/c1-2-6-9(7-3-1)8-4-5-8;/h1-3,6-8H,4-5H2;1H/q+1;/p-1. The Balaban J connectivity index is 0.000000500. The van der Waals surface area contributed by atoms with Gasteiger partial charge in [-0.1, -0.05) is 6.07 Å². The van der Waals surface area contributed by atoms with Gasteiger partial charge in [-0.05, 0) is 0 Å². The molecule has 1 aromatic rings. The largest absolute Gasteiger partial charge is 1.00 e. The second kappa shape index (κ2) is 3.02. The summed E-state index contributed by atoms with van der Waals surface area (Å²) in [7, 11) is 0. The van der Waals surface area contributed by atoms with Gasteiger partial charge in [-0.15, -0.1) is 0 Å². The zero-order valence-corrected chi connectivity index (χ0v) is 6.46. The third-order valence-corrected chi connectivity index (χ3v) is 1.71. The predicted octanol–water partition coefficient (Wildman–Crippen LogP) is -1.69. The second-order valence-electron chi connectivity index (χ2n) is 2.55. The molecule has 1 aromatic heterocycles. The summed E-state index contributed by atoms with van der Waals surface area (Å²) in [4.78, 5) is 0. The predicted molar refractivity (Wildman–Crippen MR) is 34.9 cm³/mol. The molecule has 2 rings (SSSR count). The summed E-state index contributed by atoms with van der Waals surface area (Å²) in [5.41, 5.74) is 0. The first-order valence-electron chi connectivity index (χ1n) is 3.42. The maximum absolute atomic E-state index is 2.28. The lowest BCUT2D eigenvalue weighted by atomic mass is 10.5. The van der Waals surface area contributed by atoms with Crippen LogP contribution in [0.1, 0.15) is 18.9 Å². The molecule has 1 aliphatic carbocycles. The van der Waals surface area contributed by atoms with Gasteiger partial charge in [0.2, 0.25) is 0 Å². The molecular formula is C8H10ClN. The van der Waals surface area contributed by atoms with E-state index in [1.54, 1.807) is 0 Å². The molecule has 0 aliphatic heterocycles. The Morgan fingerprint density at radius 3 is 2.10 bits per heavy atom. The van der Waals surface area contributed by atoms with Gasteiger partial charge in [-0.3, -0.25) is 0 Å². The van der Waals surface area contributed by atoms with Gasteiger partial charge in [-0.2, -0.15) is 0 Å². The highest BCUT2D eigenvalue weighted by atomic mass is 35.5. The number of pyridine rings is 1. The molecule has 0 unspecified atom stereocenters. The van der Waals surface area contributed by atoms with Crippen LogP contribution < -0.4 is 17.0 Å². The first-order chi connectivity index (χ1) is 4.47. The van der Waals surface area contributed by atoms with E-state index in [-0.39, 0.29) is 12.4 Å². The fraction of sp³-hybridized carbons (Fsp3) is 0.375. The quantitative estimate of drug-likeness (QED) is 0.427. The number of halogens is 1. The van der Waals surface area contributed by atoms with Crippen LogP contribution in [-0.2, 0) is 0 Å². The van der Waals surface area contributed by atoms with Gasteiger partial charge in [0, 0.05) is 25.0 Å². The molecule has 10 heavy (non-hydrogen) atoms. The lowest BCUT2D eigenvalue weighted by Crippen LogP contribution is -3.00. The summed E-state index contributed by atoms with van der Waals surface area (Å²) < 4.78 is 2.28. The van der Waals surface area contributed by atoms with Gasteiger partial charge in [0.05, 0.1) is 0 Å². The van der Waals surface area contributed by atoms with Crippen LogP contribution >= 0.6 is 0 Å². The van der Waals surface area contributed by atoms with Crippen molar-refractivity contribution in [3.8, 4) is 0 Å². The Hall–Kier alpha value is -0.560. The van der Waals surface area contributed by atoms with Crippen LogP contribution in [0.5, 0.6) is 0 Å². The molecule has 0 saturated heterocycles. The lowest BCUT2D eigenvalue weighted by Gasteiger charge is -1.87. The van der Waals surface area contributed by atoms with Crippen molar-refractivity contribution >= 4 is 0 Å². The number of hydrogen-bond donors (Lipinski definition) is 0. The van der Waals surface area contributed by atoms with Gasteiger partial charge < -0.3 is 12.4 Å². The average Bonchev–Trinajstić information content (AvgIpc) is 2.71. The first kappa shape index (κ1) is 7.55. The molecule has 0 amide bonds. The summed E-state index contributed by atoms with van der Waals surface area (Å²) in [6.45, 7) is 0. The van der Waals surface area contributed by atoms with Crippen LogP contribution in [-0.4, -0.2) is 0 Å². The molecule has 1 nitrogen and oxygen atoms in total. The number of rotatable bonds is 1. The fourth-order valence-electron chi connectivity index (χ4n) is 1.03. The van der Waals surface area contributed by atoms with Crippen LogP contribution in [0.2, 0.25) is 0 Å². The number of aromatic nitrogens is 1. The smallest absolute Gasteiger partial charge is 0.169 e. The zero-order chi connectivity index (χ0) is 6.10. The molecule has 1 fully saturated rings. The minimum absolute atomic E-state index is 0. The molecule has 1 aliphatic rings. The molecule has 0 radical (unpaired) electrons. The van der Waals surface area contributed by atoms with E-state index in [0.717, 1.165) is 6.04 Å². The van der Waals surface area contributed by atoms with Crippen LogP contribution in [0.15, 0.2) is 30.6 Å². The monoisotopic (exact) mass is 155 g/mol. The van der Waals surface area contributed by atoms with Crippen molar-refractivity contribution in [2.75, 3.05) is 0 Å². The van der Waals surface area contributed by atoms with Crippen molar-refractivity contribution in [1.82, 2.24) is 0 Å². The van der Waals surface area contributed by atoms with Gasteiger partial charge >= 0.3 is 0 Å². The number of hydrogen-bond acceptors (Lipinski definition) is 0. The van der Waals surface area contributed by atoms with Crippen molar-refractivity contribution in [1.29, 1.82) is 0 Å². The summed E-state index contributed by atoms with van der Waals surface area (Å²) in [5, 5.41) is 0. The van der Waals surface area contributed by atoms with Crippen LogP contribution in [0.25, 0.3) is 0 Å². The van der Waals surface area contributed by atoms with E-state index >= 15 is 0 Å². The highest BCUT2D eigenvalue weighted by molar-refractivity contribution is 4.85. The normalized spacial score (nSPS) is 16.0. The SMILES string of the molecule is [Cl-].c1cc[n+](C2CC2)cc1. The Kier molecular flexibility index (Phi) is 2.28. The summed E-state index contributed by atoms with van der Waals surface area (Å²) in [6, 6.07) is 7.04. The van der Waals surface area contributed by atoms with Gasteiger partial charge in [0.15, 0.2) is 18.4 Å². The van der Waals surface area contributed by atoms with Crippen LogP contribution in [0, 0.1) is 0 Å². The second-order valence-corrected chi connectivity index (χ2v) is 2.55. The molecule has 1 heterocycles. The van der Waals surface area contributed by atoms with E-state index in [1.165, 1.54) is 12.8 Å². The van der Waals surface area contributed by atoms with Crippen molar-refractivity contribution in [3.63, 3.8) is 0 Å². The van der Waals surface area contributed by atoms with Crippen LogP contribution in [0.3, 0.4) is 0 Å². The van der Waals surface area contributed by atoms with Gasteiger partial charge in [-0.25, -0.2) is 4.57 Å². The Morgan fingerprint density at radius 1 is 1.00 bits per heavy atom. The van der Waals surface area contributed by atoms with Crippen molar-refractivity contribution < 1.29 is 17.0 Å². The third-order valence-electron chi connectivity index (χ3n) is 1.71. The first-order valence-corrected chi connectivity index (χ1v) is 3.42. The van der Waals surface area contributed by atoms with E-state index in [2.05, 4.69) is 35.2 Å². The highest BCUT2D eigenvalue weighted by Gasteiger charge is 2.30.